The minimum absolute atomic E-state index is 0.0882. The van der Waals surface area contributed by atoms with Crippen molar-refractivity contribution in [1.29, 1.82) is 0 Å². The first kappa shape index (κ1) is 30.8. The maximum atomic E-state index is 13.6. The van der Waals surface area contributed by atoms with E-state index >= 15 is 0 Å². The van der Waals surface area contributed by atoms with Crippen molar-refractivity contribution < 1.29 is 33.7 Å². The van der Waals surface area contributed by atoms with Crippen LogP contribution in [0.5, 0.6) is 11.5 Å². The molecule has 1 saturated heterocycles. The van der Waals surface area contributed by atoms with Crippen molar-refractivity contribution in [2.75, 3.05) is 24.7 Å². The van der Waals surface area contributed by atoms with E-state index in [9.17, 15) is 19.5 Å². The summed E-state index contributed by atoms with van der Waals surface area (Å²) in [6.07, 6.45) is 3.90. The molecule has 0 spiro atoms. The SMILES string of the molecule is CCCCCOc1ccc(C2C(=C(O)c3cccc(OCCC)c3)C(=O)C(=O)N2c2nc(C)c(C(=O)OCC)s2)cc1. The molecular weight excluding hydrogens is 556 g/mol. The van der Waals surface area contributed by atoms with Gasteiger partial charge in [0.15, 0.2) is 5.13 Å². The van der Waals surface area contributed by atoms with Crippen LogP contribution in [0.1, 0.15) is 79.0 Å². The standard InChI is InChI=1S/C32H36N2O7S/c1-5-8-9-18-41-23-15-13-21(14-16-23)26-25(27(35)22-11-10-12-24(19-22)40-17-6-2)28(36)30(37)34(26)32-33-20(4)29(42-32)31(38)39-7-3/h10-16,19,26,35H,5-9,17-18H2,1-4H3. The zero-order valence-corrected chi connectivity index (χ0v) is 25.2. The van der Waals surface area contributed by atoms with Crippen molar-refractivity contribution in [3.63, 3.8) is 0 Å². The maximum Gasteiger partial charge on any atom is 0.350 e. The van der Waals surface area contributed by atoms with Gasteiger partial charge in [-0.2, -0.15) is 0 Å². The second-order valence-corrected chi connectivity index (χ2v) is 10.8. The smallest absolute Gasteiger partial charge is 0.350 e. The van der Waals surface area contributed by atoms with Gasteiger partial charge in [-0.25, -0.2) is 9.78 Å². The van der Waals surface area contributed by atoms with E-state index in [1.807, 2.05) is 6.92 Å². The predicted octanol–water partition coefficient (Wildman–Crippen LogP) is 6.61. The van der Waals surface area contributed by atoms with Gasteiger partial charge in [-0.05, 0) is 56.5 Å². The molecule has 0 radical (unpaired) electrons. The fourth-order valence-electron chi connectivity index (χ4n) is 4.61. The lowest BCUT2D eigenvalue weighted by molar-refractivity contribution is -0.132. The normalized spacial score (nSPS) is 16.1. The Labute approximate surface area is 249 Å². The number of anilines is 1. The summed E-state index contributed by atoms with van der Waals surface area (Å²) in [4.78, 5) is 45.6. The van der Waals surface area contributed by atoms with Gasteiger partial charge in [0.1, 0.15) is 22.1 Å². The van der Waals surface area contributed by atoms with Crippen molar-refractivity contribution >= 4 is 39.9 Å². The number of ketones is 1. The van der Waals surface area contributed by atoms with E-state index in [1.165, 1.54) is 4.90 Å². The molecule has 0 bridgehead atoms. The monoisotopic (exact) mass is 592 g/mol. The molecule has 42 heavy (non-hydrogen) atoms. The molecule has 9 nitrogen and oxygen atoms in total. The van der Waals surface area contributed by atoms with Gasteiger partial charge in [0.05, 0.1) is 37.1 Å². The molecule has 2 heterocycles. The van der Waals surface area contributed by atoms with E-state index in [1.54, 1.807) is 62.4 Å². The van der Waals surface area contributed by atoms with Crippen molar-refractivity contribution in [2.24, 2.45) is 0 Å². The number of aliphatic hydroxyl groups excluding tert-OH is 1. The van der Waals surface area contributed by atoms with E-state index in [2.05, 4.69) is 11.9 Å². The first-order chi connectivity index (χ1) is 20.3. The third-order valence-corrected chi connectivity index (χ3v) is 7.83. The lowest BCUT2D eigenvalue weighted by Crippen LogP contribution is -2.29. The fraction of sp³-hybridized carbons (Fsp3) is 0.375. The molecule has 1 amide bonds. The zero-order valence-electron chi connectivity index (χ0n) is 24.3. The second-order valence-electron chi connectivity index (χ2n) is 9.80. The Kier molecular flexibility index (Phi) is 10.4. The molecule has 4 rings (SSSR count). The number of benzene rings is 2. The molecule has 2 aromatic carbocycles. The van der Waals surface area contributed by atoms with E-state index in [0.717, 1.165) is 37.0 Å². The summed E-state index contributed by atoms with van der Waals surface area (Å²) in [6.45, 7) is 8.71. The van der Waals surface area contributed by atoms with Gasteiger partial charge in [0.2, 0.25) is 0 Å². The number of rotatable bonds is 13. The molecule has 10 heteroatoms. The highest BCUT2D eigenvalue weighted by atomic mass is 32.1. The van der Waals surface area contributed by atoms with Crippen LogP contribution >= 0.6 is 11.3 Å². The van der Waals surface area contributed by atoms with Crippen LogP contribution in [0.15, 0.2) is 54.1 Å². The molecule has 1 aliphatic heterocycles. The van der Waals surface area contributed by atoms with Crippen molar-refractivity contribution in [3.8, 4) is 11.5 Å². The maximum absolute atomic E-state index is 13.6. The highest BCUT2D eigenvalue weighted by Gasteiger charge is 2.48. The van der Waals surface area contributed by atoms with Gasteiger partial charge < -0.3 is 19.3 Å². The van der Waals surface area contributed by atoms with Crippen LogP contribution in [0.3, 0.4) is 0 Å². The number of unbranched alkanes of at least 4 members (excludes halogenated alkanes) is 2. The molecule has 1 aliphatic rings. The van der Waals surface area contributed by atoms with Gasteiger partial charge in [0, 0.05) is 5.56 Å². The number of aryl methyl sites for hydroxylation is 1. The third kappa shape index (κ3) is 6.65. The van der Waals surface area contributed by atoms with Crippen LogP contribution in [0, 0.1) is 6.92 Å². The predicted molar refractivity (Wildman–Crippen MR) is 161 cm³/mol. The van der Waals surface area contributed by atoms with Crippen LogP contribution in [0.25, 0.3) is 5.76 Å². The summed E-state index contributed by atoms with van der Waals surface area (Å²) in [5, 5.41) is 11.7. The number of amides is 1. The molecule has 1 N–H and O–H groups in total. The first-order valence-electron chi connectivity index (χ1n) is 14.2. The van der Waals surface area contributed by atoms with Crippen LogP contribution < -0.4 is 14.4 Å². The number of thiazole rings is 1. The average Bonchev–Trinajstić information content (AvgIpc) is 3.50. The molecule has 0 saturated carbocycles. The number of nitrogens with zero attached hydrogens (tertiary/aromatic N) is 2. The van der Waals surface area contributed by atoms with Crippen LogP contribution in [0.2, 0.25) is 0 Å². The van der Waals surface area contributed by atoms with E-state index in [4.69, 9.17) is 14.2 Å². The number of carbonyl (C=O) groups is 3. The highest BCUT2D eigenvalue weighted by Crippen LogP contribution is 2.44. The van der Waals surface area contributed by atoms with E-state index < -0.39 is 23.7 Å². The quantitative estimate of drug-likeness (QED) is 0.0775. The number of aromatic nitrogens is 1. The molecular formula is C32H36N2O7S. The van der Waals surface area contributed by atoms with Crippen LogP contribution in [-0.4, -0.2) is 47.6 Å². The molecule has 1 aromatic heterocycles. The summed E-state index contributed by atoms with van der Waals surface area (Å²) in [7, 11) is 0. The highest BCUT2D eigenvalue weighted by molar-refractivity contribution is 7.17. The zero-order chi connectivity index (χ0) is 30.2. The summed E-state index contributed by atoms with van der Waals surface area (Å²) >= 11 is 0.967. The van der Waals surface area contributed by atoms with Crippen molar-refractivity contribution in [3.05, 3.63) is 75.8 Å². The van der Waals surface area contributed by atoms with E-state index in [0.29, 0.717) is 41.5 Å². The second kappa shape index (κ2) is 14.1. The molecule has 1 unspecified atom stereocenters. The summed E-state index contributed by atoms with van der Waals surface area (Å²) in [5.41, 5.74) is 1.20. The Balaban J connectivity index is 1.80. The number of carbonyl (C=O) groups excluding carboxylic acids is 3. The number of hydrogen-bond donors (Lipinski definition) is 1. The lowest BCUT2D eigenvalue weighted by Gasteiger charge is -2.23. The van der Waals surface area contributed by atoms with Gasteiger partial charge in [0.25, 0.3) is 5.78 Å². The third-order valence-electron chi connectivity index (χ3n) is 6.69. The minimum Gasteiger partial charge on any atom is -0.507 e. The minimum atomic E-state index is -1.00. The van der Waals surface area contributed by atoms with Crippen LogP contribution in [-0.2, 0) is 14.3 Å². The number of esters is 1. The Hall–Kier alpha value is -4.18. The van der Waals surface area contributed by atoms with Crippen molar-refractivity contribution in [2.45, 2.75) is 59.4 Å². The number of aliphatic hydroxyl groups is 1. The van der Waals surface area contributed by atoms with Gasteiger partial charge >= 0.3 is 11.9 Å². The van der Waals surface area contributed by atoms with Gasteiger partial charge in [-0.3, -0.25) is 14.5 Å². The van der Waals surface area contributed by atoms with Crippen LogP contribution in [0.4, 0.5) is 5.13 Å². The Morgan fingerprint density at radius 1 is 0.976 bits per heavy atom. The molecule has 0 aliphatic carbocycles. The van der Waals surface area contributed by atoms with E-state index in [-0.39, 0.29) is 27.9 Å². The lowest BCUT2D eigenvalue weighted by atomic mass is 9.95. The Bertz CT molecular complexity index is 1460. The molecule has 1 atom stereocenters. The number of ether oxygens (including phenoxy) is 3. The van der Waals surface area contributed by atoms with Gasteiger partial charge in [-0.15, -0.1) is 0 Å². The summed E-state index contributed by atoms with van der Waals surface area (Å²) < 4.78 is 16.7. The first-order valence-corrected chi connectivity index (χ1v) is 15.0. The molecule has 1 fully saturated rings. The fourth-order valence-corrected chi connectivity index (χ4v) is 5.60. The van der Waals surface area contributed by atoms with Gasteiger partial charge in [-0.1, -0.05) is 62.3 Å². The molecule has 3 aromatic rings. The summed E-state index contributed by atoms with van der Waals surface area (Å²) in [5.74, 6) is -1.41. The largest absolute Gasteiger partial charge is 0.507 e. The number of Topliss-reactive ketones (excluding diaryl/α,β-unsaturated/α-hetero) is 1. The topological polar surface area (TPSA) is 115 Å². The Morgan fingerprint density at radius 2 is 1.71 bits per heavy atom. The summed E-state index contributed by atoms with van der Waals surface area (Å²) in [6, 6.07) is 12.8. The Morgan fingerprint density at radius 3 is 2.40 bits per heavy atom. The molecule has 222 valence electrons. The van der Waals surface area contributed by atoms with Crippen molar-refractivity contribution in [1.82, 2.24) is 4.98 Å². The number of hydrogen-bond acceptors (Lipinski definition) is 9. The average molecular weight is 593 g/mol.